The Labute approximate surface area is 289 Å². The molecular weight excluding hydrogens is 720 g/mol. The van der Waals surface area contributed by atoms with Crippen LogP contribution < -0.4 is 0 Å². The van der Waals surface area contributed by atoms with E-state index in [1.54, 1.807) is 39.3 Å². The van der Waals surface area contributed by atoms with Crippen LogP contribution in [0, 0.1) is 0 Å². The van der Waals surface area contributed by atoms with Gasteiger partial charge in [0.25, 0.3) is 0 Å². The van der Waals surface area contributed by atoms with Gasteiger partial charge < -0.3 is 0 Å². The summed E-state index contributed by atoms with van der Waals surface area (Å²) in [5.74, 6) is 0. The van der Waals surface area contributed by atoms with Gasteiger partial charge in [0.2, 0.25) is 0 Å². The summed E-state index contributed by atoms with van der Waals surface area (Å²) in [6.07, 6.45) is 33.5. The van der Waals surface area contributed by atoms with E-state index in [0.717, 1.165) is 0 Å². The molecule has 0 saturated carbocycles. The van der Waals surface area contributed by atoms with Gasteiger partial charge in [-0.25, -0.2) is 0 Å². The number of thiophene rings is 4. The van der Waals surface area contributed by atoms with Gasteiger partial charge in [-0.05, 0) is 68.7 Å². The molecule has 0 amide bonds. The first kappa shape index (κ1) is 35.4. The van der Waals surface area contributed by atoms with Crippen LogP contribution in [0.2, 0.25) is 0 Å². The standard InChI is InChI=1S/C36H54Br2S4/c1-3-5-7-9-11-13-15-17-19-21-23-25-27-29-31(41-35(27)37)33-34(39-29)32-30(40-33)28(36(38)42-32)26-24-22-20-18-16-14-12-10-8-6-4-2/h3-26H2,1-2H3. The van der Waals surface area contributed by atoms with Gasteiger partial charge in [0.05, 0.1) is 35.8 Å². The summed E-state index contributed by atoms with van der Waals surface area (Å²) < 4.78 is 12.1. The molecular formula is C36H54Br2S4. The maximum atomic E-state index is 3.97. The SMILES string of the molecule is CCCCCCCCCCCCCc1c(Br)sc2c1sc1c3sc(Br)c(CCCCCCCCCCCCC)c3sc21. The van der Waals surface area contributed by atoms with Gasteiger partial charge >= 0.3 is 0 Å². The first-order valence-electron chi connectivity index (χ1n) is 17.4. The molecule has 0 aliphatic rings. The van der Waals surface area contributed by atoms with E-state index in [4.69, 9.17) is 0 Å². The average molecular weight is 775 g/mol. The summed E-state index contributed by atoms with van der Waals surface area (Å²) in [5.41, 5.74) is 3.17. The highest BCUT2D eigenvalue weighted by atomic mass is 79.9. The summed E-state index contributed by atoms with van der Waals surface area (Å²) in [7, 11) is 0. The van der Waals surface area contributed by atoms with Crippen molar-refractivity contribution in [2.24, 2.45) is 0 Å². The topological polar surface area (TPSA) is 0 Å². The molecule has 0 radical (unpaired) electrons. The fourth-order valence-corrected chi connectivity index (χ4v) is 14.0. The number of fused-ring (bicyclic) bond motifs is 5. The van der Waals surface area contributed by atoms with Gasteiger partial charge in [-0.2, -0.15) is 0 Å². The molecule has 0 saturated heterocycles. The molecule has 4 aromatic rings. The smallest absolute Gasteiger partial charge is 0.0751 e. The van der Waals surface area contributed by atoms with Crippen molar-refractivity contribution in [2.75, 3.05) is 0 Å². The Morgan fingerprint density at radius 3 is 0.905 bits per heavy atom. The third kappa shape index (κ3) is 10.3. The number of rotatable bonds is 24. The highest BCUT2D eigenvalue weighted by Crippen LogP contribution is 2.54. The molecule has 236 valence electrons. The van der Waals surface area contributed by atoms with Gasteiger partial charge in [0, 0.05) is 0 Å². The number of hydrogen-bond acceptors (Lipinski definition) is 4. The maximum absolute atomic E-state index is 3.97. The van der Waals surface area contributed by atoms with Crippen molar-refractivity contribution in [3.63, 3.8) is 0 Å². The lowest BCUT2D eigenvalue weighted by molar-refractivity contribution is 0.550. The molecule has 0 aromatic carbocycles. The Morgan fingerprint density at radius 1 is 0.333 bits per heavy atom. The van der Waals surface area contributed by atoms with Crippen molar-refractivity contribution in [3.05, 3.63) is 18.7 Å². The summed E-state index contributed by atoms with van der Waals surface area (Å²) in [6, 6.07) is 0. The van der Waals surface area contributed by atoms with Crippen molar-refractivity contribution < 1.29 is 0 Å². The molecule has 0 aliphatic carbocycles. The van der Waals surface area contributed by atoms with Crippen LogP contribution in [0.25, 0.3) is 28.2 Å². The summed E-state index contributed by atoms with van der Waals surface area (Å²) in [6.45, 7) is 4.61. The molecule has 0 aliphatic heterocycles. The molecule has 42 heavy (non-hydrogen) atoms. The quantitative estimate of drug-likeness (QED) is 0.0622. The minimum Gasteiger partial charge on any atom is -0.131 e. The zero-order chi connectivity index (χ0) is 29.6. The second-order valence-corrected chi connectivity index (χ2v) is 19.2. The van der Waals surface area contributed by atoms with Crippen LogP contribution in [0.1, 0.15) is 166 Å². The van der Waals surface area contributed by atoms with Crippen LogP contribution in [0.5, 0.6) is 0 Å². The van der Waals surface area contributed by atoms with Crippen LogP contribution in [0.4, 0.5) is 0 Å². The van der Waals surface area contributed by atoms with Crippen molar-refractivity contribution in [1.29, 1.82) is 0 Å². The van der Waals surface area contributed by atoms with Crippen molar-refractivity contribution in [3.8, 4) is 0 Å². The lowest BCUT2D eigenvalue weighted by Crippen LogP contribution is -1.86. The Hall–Kier alpha value is 0.540. The van der Waals surface area contributed by atoms with E-state index in [-0.39, 0.29) is 0 Å². The monoisotopic (exact) mass is 772 g/mol. The van der Waals surface area contributed by atoms with E-state index in [2.05, 4.69) is 68.4 Å². The normalized spacial score (nSPS) is 12.2. The van der Waals surface area contributed by atoms with Crippen molar-refractivity contribution in [1.82, 2.24) is 0 Å². The molecule has 4 heterocycles. The van der Waals surface area contributed by atoms with Crippen LogP contribution in [0.3, 0.4) is 0 Å². The molecule has 0 nitrogen and oxygen atoms in total. The van der Waals surface area contributed by atoms with E-state index in [9.17, 15) is 0 Å². The number of hydrogen-bond donors (Lipinski definition) is 0. The average Bonchev–Trinajstić information content (AvgIpc) is 3.68. The Morgan fingerprint density at radius 2 is 0.595 bits per heavy atom. The van der Waals surface area contributed by atoms with Gasteiger partial charge in [-0.3, -0.25) is 0 Å². The van der Waals surface area contributed by atoms with E-state index < -0.39 is 0 Å². The largest absolute Gasteiger partial charge is 0.131 e. The lowest BCUT2D eigenvalue weighted by atomic mass is 10.0. The molecule has 0 fully saturated rings. The fourth-order valence-electron chi connectivity index (χ4n) is 6.31. The Bertz CT molecular complexity index is 1210. The molecule has 0 spiro atoms. The third-order valence-corrected chi connectivity index (χ3v) is 16.1. The van der Waals surface area contributed by atoms with Gasteiger partial charge in [0.1, 0.15) is 0 Å². The molecule has 4 rings (SSSR count). The third-order valence-electron chi connectivity index (χ3n) is 8.91. The van der Waals surface area contributed by atoms with Gasteiger partial charge in [-0.1, -0.05) is 142 Å². The van der Waals surface area contributed by atoms with E-state index in [1.165, 1.54) is 162 Å². The Kier molecular flexibility index (Phi) is 16.8. The molecule has 0 bridgehead atoms. The number of halogens is 2. The molecule has 0 unspecified atom stereocenters. The molecule has 4 aromatic heterocycles. The van der Waals surface area contributed by atoms with Crippen molar-refractivity contribution in [2.45, 2.75) is 168 Å². The predicted octanol–water partition coefficient (Wildman–Crippen LogP) is 16.6. The van der Waals surface area contributed by atoms with Crippen LogP contribution in [-0.4, -0.2) is 0 Å². The van der Waals surface area contributed by atoms with Crippen LogP contribution in [0.15, 0.2) is 7.57 Å². The van der Waals surface area contributed by atoms with E-state index >= 15 is 0 Å². The van der Waals surface area contributed by atoms with Gasteiger partial charge in [-0.15, -0.1) is 45.3 Å². The zero-order valence-electron chi connectivity index (χ0n) is 26.4. The summed E-state index contributed by atoms with van der Waals surface area (Å²) in [4.78, 5) is 0. The van der Waals surface area contributed by atoms with Crippen LogP contribution >= 0.6 is 77.2 Å². The highest BCUT2D eigenvalue weighted by molar-refractivity contribution is 9.11. The first-order chi connectivity index (χ1) is 20.7. The maximum Gasteiger partial charge on any atom is 0.0751 e. The highest BCUT2D eigenvalue weighted by Gasteiger charge is 2.22. The van der Waals surface area contributed by atoms with Crippen molar-refractivity contribution >= 4 is 105 Å². The number of aryl methyl sites for hydroxylation is 2. The zero-order valence-corrected chi connectivity index (χ0v) is 32.8. The second kappa shape index (κ2) is 19.9. The molecule has 0 N–H and O–H groups in total. The summed E-state index contributed by atoms with van der Waals surface area (Å²) >= 11 is 16.1. The second-order valence-electron chi connectivity index (χ2n) is 12.5. The molecule has 6 heteroatoms. The van der Waals surface area contributed by atoms with Gasteiger partial charge in [0.15, 0.2) is 0 Å². The number of unbranched alkanes of at least 4 members (excludes halogenated alkanes) is 20. The Balaban J connectivity index is 1.22. The minimum absolute atomic E-state index is 1.23. The molecule has 0 atom stereocenters. The van der Waals surface area contributed by atoms with E-state index in [0.29, 0.717) is 0 Å². The minimum atomic E-state index is 1.23. The first-order valence-corrected chi connectivity index (χ1v) is 22.2. The predicted molar refractivity (Wildman–Crippen MR) is 206 cm³/mol. The van der Waals surface area contributed by atoms with E-state index in [1.807, 2.05) is 22.7 Å². The summed E-state index contributed by atoms with van der Waals surface area (Å²) in [5, 5.41) is 0. The lowest BCUT2D eigenvalue weighted by Gasteiger charge is -2.03. The fraction of sp³-hybridized carbons (Fsp3) is 0.722. The van der Waals surface area contributed by atoms with Crippen LogP contribution in [-0.2, 0) is 12.8 Å².